The number of benzene rings is 1. The van der Waals surface area contributed by atoms with Crippen molar-refractivity contribution in [3.8, 4) is 11.4 Å². The van der Waals surface area contributed by atoms with E-state index in [1.165, 1.54) is 18.3 Å². The van der Waals surface area contributed by atoms with E-state index < -0.39 is 17.9 Å². The molecule has 0 radical (unpaired) electrons. The minimum absolute atomic E-state index is 0.0453. The molecule has 1 atom stereocenters. The normalized spacial score (nSPS) is 15.6. The van der Waals surface area contributed by atoms with Gasteiger partial charge in [-0.05, 0) is 55.0 Å². The number of halogens is 4. The summed E-state index contributed by atoms with van der Waals surface area (Å²) in [6.45, 7) is 1.97. The molecule has 0 aliphatic heterocycles. The van der Waals surface area contributed by atoms with Crippen LogP contribution in [-0.4, -0.2) is 36.4 Å². The monoisotopic (exact) mass is 498 g/mol. The smallest absolute Gasteiger partial charge is 0.347 e. The zero-order valence-electron chi connectivity index (χ0n) is 19.3. The Bertz CT molecular complexity index is 1450. The highest BCUT2D eigenvalue weighted by atomic mass is 19.4. The van der Waals surface area contributed by atoms with Crippen LogP contribution >= 0.6 is 0 Å². The van der Waals surface area contributed by atoms with Crippen LogP contribution in [0.25, 0.3) is 17.2 Å². The Morgan fingerprint density at radius 3 is 2.81 bits per heavy atom. The molecular formula is C25H22F4N6O. The first-order valence-electron chi connectivity index (χ1n) is 11.5. The molecule has 1 aromatic carbocycles. The van der Waals surface area contributed by atoms with Crippen molar-refractivity contribution in [3.05, 3.63) is 76.9 Å². The molecule has 5 rings (SSSR count). The fourth-order valence-corrected chi connectivity index (χ4v) is 4.45. The van der Waals surface area contributed by atoms with Crippen molar-refractivity contribution in [3.63, 3.8) is 0 Å². The molecule has 7 nitrogen and oxygen atoms in total. The van der Waals surface area contributed by atoms with Gasteiger partial charge in [0.1, 0.15) is 11.5 Å². The lowest BCUT2D eigenvalue weighted by Crippen LogP contribution is -2.29. The predicted octanol–water partition coefficient (Wildman–Crippen LogP) is 4.49. The summed E-state index contributed by atoms with van der Waals surface area (Å²) in [5.74, 6) is -1.80. The van der Waals surface area contributed by atoms with Gasteiger partial charge in [-0.15, -0.1) is 0 Å². The number of nitrogens with zero attached hydrogens (tertiary/aromatic N) is 5. The van der Waals surface area contributed by atoms with E-state index in [0.717, 1.165) is 0 Å². The van der Waals surface area contributed by atoms with E-state index in [1.807, 2.05) is 6.92 Å². The van der Waals surface area contributed by atoms with Gasteiger partial charge in [0.25, 0.3) is 5.91 Å². The van der Waals surface area contributed by atoms with Crippen molar-refractivity contribution >= 4 is 11.7 Å². The van der Waals surface area contributed by atoms with Gasteiger partial charge >= 0.3 is 6.18 Å². The Morgan fingerprint density at radius 1 is 1.22 bits per heavy atom. The molecular weight excluding hydrogens is 476 g/mol. The lowest BCUT2D eigenvalue weighted by molar-refractivity contribution is -0.177. The van der Waals surface area contributed by atoms with E-state index >= 15 is 0 Å². The first kappa shape index (κ1) is 23.8. The lowest BCUT2D eigenvalue weighted by atomic mass is 9.87. The number of aryl methyl sites for hydroxylation is 2. The number of hydrogen-bond donors (Lipinski definition) is 1. The summed E-state index contributed by atoms with van der Waals surface area (Å²) in [4.78, 5) is 29.9. The van der Waals surface area contributed by atoms with Gasteiger partial charge in [0.15, 0.2) is 5.82 Å². The summed E-state index contributed by atoms with van der Waals surface area (Å²) in [5, 5.41) is 2.79. The number of rotatable bonds is 5. The highest BCUT2D eigenvalue weighted by Crippen LogP contribution is 2.36. The molecule has 0 fully saturated rings. The van der Waals surface area contributed by atoms with Crippen molar-refractivity contribution in [1.82, 2.24) is 29.7 Å². The zero-order chi connectivity index (χ0) is 25.4. The average molecular weight is 498 g/mol. The molecule has 0 bridgehead atoms. The molecule has 11 heteroatoms. The van der Waals surface area contributed by atoms with Crippen LogP contribution in [0.3, 0.4) is 0 Å². The van der Waals surface area contributed by atoms with Crippen LogP contribution in [0.15, 0.2) is 42.9 Å². The van der Waals surface area contributed by atoms with Gasteiger partial charge in [0, 0.05) is 30.8 Å². The van der Waals surface area contributed by atoms with Crippen LogP contribution in [0.4, 0.5) is 17.6 Å². The topological polar surface area (TPSA) is 85.1 Å². The molecule has 186 valence electrons. The highest BCUT2D eigenvalue weighted by molar-refractivity contribution is 5.94. The number of alkyl halides is 3. The summed E-state index contributed by atoms with van der Waals surface area (Å²) in [7, 11) is 0. The van der Waals surface area contributed by atoms with Crippen LogP contribution in [0.5, 0.6) is 0 Å². The standard InChI is InChI=1S/C25H22F4N6O/c1-2-19-21(35-9-3-8-30-24(35)34-19)23(36)32-12-14-4-6-17(18(26)10-14)22-31-13-15-11-16(25(27,28)29)5-7-20(15)33-22/h3-4,6,8-10,13,16H,2,5,7,11-12H2,1H3,(H,32,36). The number of carbonyl (C=O) groups is 1. The first-order valence-corrected chi connectivity index (χ1v) is 11.5. The molecule has 3 aromatic heterocycles. The Labute approximate surface area is 203 Å². The third-order valence-electron chi connectivity index (χ3n) is 6.37. The number of nitrogens with one attached hydrogen (secondary N) is 1. The molecule has 0 spiro atoms. The maximum absolute atomic E-state index is 14.9. The third kappa shape index (κ3) is 4.52. The van der Waals surface area contributed by atoms with Gasteiger partial charge in [-0.2, -0.15) is 13.2 Å². The molecule has 1 unspecified atom stereocenters. The molecule has 1 N–H and O–H groups in total. The van der Waals surface area contributed by atoms with Gasteiger partial charge in [0.05, 0.1) is 17.2 Å². The van der Waals surface area contributed by atoms with Gasteiger partial charge in [0.2, 0.25) is 5.78 Å². The summed E-state index contributed by atoms with van der Waals surface area (Å²) < 4.78 is 55.7. The van der Waals surface area contributed by atoms with Crippen LogP contribution in [-0.2, 0) is 25.8 Å². The maximum atomic E-state index is 14.9. The fourth-order valence-electron chi connectivity index (χ4n) is 4.45. The van der Waals surface area contributed by atoms with Gasteiger partial charge in [-0.25, -0.2) is 24.3 Å². The minimum Gasteiger partial charge on any atom is -0.347 e. The Hall–Kier alpha value is -3.89. The number of imidazole rings is 1. The SMILES string of the molecule is CCc1nc2ncccn2c1C(=O)NCc1ccc(-c2ncc3c(n2)CCC(C(F)(F)F)C3)c(F)c1. The largest absolute Gasteiger partial charge is 0.392 e. The first-order chi connectivity index (χ1) is 17.2. The lowest BCUT2D eigenvalue weighted by Gasteiger charge is -2.25. The van der Waals surface area contributed by atoms with E-state index in [4.69, 9.17) is 0 Å². The van der Waals surface area contributed by atoms with Crippen LogP contribution in [0, 0.1) is 11.7 Å². The van der Waals surface area contributed by atoms with Gasteiger partial charge in [-0.3, -0.25) is 9.20 Å². The molecule has 3 heterocycles. The Kier molecular flexibility index (Phi) is 6.15. The van der Waals surface area contributed by atoms with Gasteiger partial charge in [-0.1, -0.05) is 13.0 Å². The second kappa shape index (κ2) is 9.29. The third-order valence-corrected chi connectivity index (χ3v) is 6.37. The zero-order valence-corrected chi connectivity index (χ0v) is 19.3. The van der Waals surface area contributed by atoms with Gasteiger partial charge < -0.3 is 5.32 Å². The number of fused-ring (bicyclic) bond motifs is 2. The summed E-state index contributed by atoms with van der Waals surface area (Å²) in [6, 6.07) is 6.15. The second-order valence-corrected chi connectivity index (χ2v) is 8.69. The second-order valence-electron chi connectivity index (χ2n) is 8.69. The molecule has 0 saturated heterocycles. The number of amides is 1. The van der Waals surface area contributed by atoms with Crippen LogP contribution in [0.1, 0.15) is 46.3 Å². The summed E-state index contributed by atoms with van der Waals surface area (Å²) in [6.07, 6.45) is 0.914. The molecule has 0 saturated carbocycles. The van der Waals surface area contributed by atoms with Crippen molar-refractivity contribution < 1.29 is 22.4 Å². The fraction of sp³-hybridized carbons (Fsp3) is 0.320. The molecule has 4 aromatic rings. The van der Waals surface area contributed by atoms with Crippen molar-refractivity contribution in [1.29, 1.82) is 0 Å². The molecule has 36 heavy (non-hydrogen) atoms. The average Bonchev–Trinajstić information content (AvgIpc) is 3.25. The summed E-state index contributed by atoms with van der Waals surface area (Å²) in [5.41, 5.74) is 2.63. The van der Waals surface area contributed by atoms with E-state index in [2.05, 4.69) is 25.3 Å². The van der Waals surface area contributed by atoms with E-state index in [0.29, 0.717) is 40.4 Å². The maximum Gasteiger partial charge on any atom is 0.392 e. The molecule has 1 amide bonds. The highest BCUT2D eigenvalue weighted by Gasteiger charge is 2.41. The molecule has 1 aliphatic rings. The Morgan fingerprint density at radius 2 is 2.06 bits per heavy atom. The number of hydrogen-bond acceptors (Lipinski definition) is 5. The van der Waals surface area contributed by atoms with Crippen LogP contribution in [0.2, 0.25) is 0 Å². The quantitative estimate of drug-likeness (QED) is 0.410. The van der Waals surface area contributed by atoms with Crippen molar-refractivity contribution in [2.45, 2.75) is 45.3 Å². The van der Waals surface area contributed by atoms with Crippen molar-refractivity contribution in [2.24, 2.45) is 5.92 Å². The Balaban J connectivity index is 1.31. The van der Waals surface area contributed by atoms with E-state index in [-0.39, 0.29) is 43.1 Å². The van der Waals surface area contributed by atoms with Crippen molar-refractivity contribution in [2.75, 3.05) is 0 Å². The predicted molar refractivity (Wildman–Crippen MR) is 123 cm³/mol. The summed E-state index contributed by atoms with van der Waals surface area (Å²) >= 11 is 0. The minimum atomic E-state index is -4.26. The van der Waals surface area contributed by atoms with E-state index in [9.17, 15) is 22.4 Å². The van der Waals surface area contributed by atoms with Crippen LogP contribution < -0.4 is 5.32 Å². The van der Waals surface area contributed by atoms with E-state index in [1.54, 1.807) is 28.9 Å². The number of aromatic nitrogens is 5. The number of carbonyl (C=O) groups excluding carboxylic acids is 1. The molecule has 1 aliphatic carbocycles.